The van der Waals surface area contributed by atoms with Crippen molar-refractivity contribution in [1.29, 1.82) is 0 Å². The van der Waals surface area contributed by atoms with Gasteiger partial charge in [0.1, 0.15) is 0 Å². The van der Waals surface area contributed by atoms with Crippen LogP contribution >= 0.6 is 0 Å². The second kappa shape index (κ2) is 4.02. The van der Waals surface area contributed by atoms with Crippen molar-refractivity contribution in [3.05, 3.63) is 47.7 Å². The van der Waals surface area contributed by atoms with Crippen LogP contribution in [0.1, 0.15) is 30.0 Å². The van der Waals surface area contributed by atoms with E-state index in [0.717, 1.165) is 12.3 Å². The summed E-state index contributed by atoms with van der Waals surface area (Å²) in [5, 5.41) is 0. The molecule has 0 amide bonds. The van der Waals surface area contributed by atoms with E-state index in [-0.39, 0.29) is 5.78 Å². The molecule has 0 spiro atoms. The van der Waals surface area contributed by atoms with Crippen LogP contribution in [0.4, 0.5) is 11.6 Å². The summed E-state index contributed by atoms with van der Waals surface area (Å²) < 4.78 is 5.63. The monoisotopic (exact) mass is 241 g/mol. The Balaban J connectivity index is 2.03. The minimum absolute atomic E-state index is 0.0404. The van der Waals surface area contributed by atoms with Crippen LogP contribution in [0.15, 0.2) is 40.8 Å². The Bertz CT molecular complexity index is 600. The van der Waals surface area contributed by atoms with Crippen LogP contribution in [0.5, 0.6) is 0 Å². The van der Waals surface area contributed by atoms with Crippen molar-refractivity contribution in [3.8, 4) is 0 Å². The molecule has 0 aliphatic carbocycles. The molecule has 3 heteroatoms. The van der Waals surface area contributed by atoms with Gasteiger partial charge in [-0.2, -0.15) is 0 Å². The molecule has 0 fully saturated rings. The van der Waals surface area contributed by atoms with Gasteiger partial charge in [-0.15, -0.1) is 0 Å². The predicted molar refractivity (Wildman–Crippen MR) is 70.5 cm³/mol. The second-order valence-electron chi connectivity index (χ2n) is 4.75. The number of fused-ring (bicyclic) bond motifs is 1. The number of anilines is 2. The van der Waals surface area contributed by atoms with Crippen LogP contribution in [0.25, 0.3) is 0 Å². The van der Waals surface area contributed by atoms with Crippen molar-refractivity contribution >= 4 is 17.4 Å². The van der Waals surface area contributed by atoms with Gasteiger partial charge in [-0.3, -0.25) is 4.79 Å². The van der Waals surface area contributed by atoms with Crippen LogP contribution in [-0.4, -0.2) is 11.8 Å². The molecule has 3 rings (SSSR count). The molecule has 0 saturated carbocycles. The quantitative estimate of drug-likeness (QED) is 0.754. The van der Waals surface area contributed by atoms with Crippen molar-refractivity contribution in [2.75, 3.05) is 4.90 Å². The molecule has 1 aromatic carbocycles. The molecule has 1 aromatic heterocycles. The van der Waals surface area contributed by atoms with Crippen molar-refractivity contribution in [3.63, 3.8) is 0 Å². The number of rotatable bonds is 2. The van der Waals surface area contributed by atoms with E-state index >= 15 is 0 Å². The van der Waals surface area contributed by atoms with Crippen molar-refractivity contribution < 1.29 is 9.21 Å². The van der Waals surface area contributed by atoms with E-state index in [2.05, 4.69) is 30.0 Å². The third kappa shape index (κ3) is 1.63. The largest absolute Gasteiger partial charge is 0.437 e. The van der Waals surface area contributed by atoms with Gasteiger partial charge in [0.25, 0.3) is 0 Å². The molecule has 2 heterocycles. The lowest BCUT2D eigenvalue weighted by Crippen LogP contribution is -2.23. The molecular weight excluding hydrogens is 226 g/mol. The number of carbonyl (C=O) groups excluding carboxylic acids is 1. The van der Waals surface area contributed by atoms with Gasteiger partial charge in [0.05, 0.1) is 0 Å². The van der Waals surface area contributed by atoms with Crippen LogP contribution in [0.3, 0.4) is 0 Å². The van der Waals surface area contributed by atoms with E-state index in [4.69, 9.17) is 4.42 Å². The van der Waals surface area contributed by atoms with Gasteiger partial charge in [0.2, 0.25) is 5.88 Å². The van der Waals surface area contributed by atoms with E-state index in [1.54, 1.807) is 6.07 Å². The first kappa shape index (κ1) is 11.1. The lowest BCUT2D eigenvalue weighted by atomic mass is 10.1. The van der Waals surface area contributed by atoms with E-state index in [9.17, 15) is 4.79 Å². The highest BCUT2D eigenvalue weighted by Gasteiger charge is 2.28. The van der Waals surface area contributed by atoms with Crippen molar-refractivity contribution in [2.45, 2.75) is 26.3 Å². The summed E-state index contributed by atoms with van der Waals surface area (Å²) >= 11 is 0. The second-order valence-corrected chi connectivity index (χ2v) is 4.75. The normalized spacial score (nSPS) is 17.9. The van der Waals surface area contributed by atoms with Gasteiger partial charge in [-0.25, -0.2) is 0 Å². The summed E-state index contributed by atoms with van der Waals surface area (Å²) in [6.07, 6.45) is 1.01. The highest BCUT2D eigenvalue weighted by atomic mass is 16.4. The average molecular weight is 241 g/mol. The molecule has 1 aliphatic rings. The number of nitrogens with zero attached hydrogens (tertiary/aromatic N) is 1. The number of Topliss-reactive ketones (excluding diaryl/α,β-unsaturated/α-hetero) is 1. The molecule has 1 aliphatic heterocycles. The molecule has 1 unspecified atom stereocenters. The van der Waals surface area contributed by atoms with Crippen LogP contribution in [0, 0.1) is 0 Å². The first-order chi connectivity index (χ1) is 8.66. The Morgan fingerprint density at radius 3 is 2.78 bits per heavy atom. The molecule has 18 heavy (non-hydrogen) atoms. The number of carbonyl (C=O) groups is 1. The van der Waals surface area contributed by atoms with Crippen molar-refractivity contribution in [1.82, 2.24) is 0 Å². The maximum Gasteiger partial charge on any atom is 0.201 e. The molecular formula is C15H15NO2. The Morgan fingerprint density at radius 1 is 1.28 bits per heavy atom. The summed E-state index contributed by atoms with van der Waals surface area (Å²) in [5.74, 6) is 1.13. The number of hydrogen-bond acceptors (Lipinski definition) is 3. The van der Waals surface area contributed by atoms with Crippen LogP contribution in [-0.2, 0) is 6.42 Å². The molecule has 3 nitrogen and oxygen atoms in total. The summed E-state index contributed by atoms with van der Waals surface area (Å²) in [7, 11) is 0. The fraction of sp³-hybridized carbons (Fsp3) is 0.267. The smallest absolute Gasteiger partial charge is 0.201 e. The molecule has 92 valence electrons. The zero-order valence-corrected chi connectivity index (χ0v) is 10.5. The SMILES string of the molecule is CC(=O)c1ccc(N2c3ccccc3CC2C)o1. The number of para-hydroxylation sites is 1. The van der Waals surface area contributed by atoms with Gasteiger partial charge >= 0.3 is 0 Å². The zero-order valence-electron chi connectivity index (χ0n) is 10.5. The van der Waals surface area contributed by atoms with Crippen LogP contribution in [0.2, 0.25) is 0 Å². The van der Waals surface area contributed by atoms with Gasteiger partial charge in [0.15, 0.2) is 11.5 Å². The number of ketones is 1. The number of benzene rings is 1. The first-order valence-corrected chi connectivity index (χ1v) is 6.14. The minimum atomic E-state index is -0.0404. The van der Waals surface area contributed by atoms with Gasteiger partial charge in [-0.1, -0.05) is 18.2 Å². The third-order valence-electron chi connectivity index (χ3n) is 3.38. The molecule has 0 bridgehead atoms. The summed E-state index contributed by atoms with van der Waals surface area (Å²) in [5.41, 5.74) is 2.50. The Labute approximate surface area is 106 Å². The number of hydrogen-bond donors (Lipinski definition) is 0. The van der Waals surface area contributed by atoms with E-state index in [1.807, 2.05) is 12.1 Å². The molecule has 0 N–H and O–H groups in total. The maximum absolute atomic E-state index is 11.3. The fourth-order valence-corrected chi connectivity index (χ4v) is 2.55. The highest BCUT2D eigenvalue weighted by molar-refractivity contribution is 5.91. The molecule has 1 atom stereocenters. The third-order valence-corrected chi connectivity index (χ3v) is 3.38. The van der Waals surface area contributed by atoms with Gasteiger partial charge in [-0.05, 0) is 31.0 Å². The van der Waals surface area contributed by atoms with Gasteiger partial charge < -0.3 is 9.32 Å². The minimum Gasteiger partial charge on any atom is -0.437 e. The standard InChI is InChI=1S/C15H15NO2/c1-10-9-12-5-3-4-6-13(12)16(10)15-8-7-14(18-15)11(2)17/h3-8,10H,9H2,1-2H3. The summed E-state index contributed by atoms with van der Waals surface area (Å²) in [6, 6.07) is 12.3. The van der Waals surface area contributed by atoms with E-state index in [0.29, 0.717) is 11.8 Å². The first-order valence-electron chi connectivity index (χ1n) is 6.14. The fourth-order valence-electron chi connectivity index (χ4n) is 2.55. The zero-order chi connectivity index (χ0) is 12.7. The molecule has 0 radical (unpaired) electrons. The Morgan fingerprint density at radius 2 is 2.06 bits per heavy atom. The Hall–Kier alpha value is -2.03. The number of furan rings is 1. The van der Waals surface area contributed by atoms with Crippen LogP contribution < -0.4 is 4.90 Å². The highest BCUT2D eigenvalue weighted by Crippen LogP contribution is 2.38. The summed E-state index contributed by atoms with van der Waals surface area (Å²) in [4.78, 5) is 13.4. The summed E-state index contributed by atoms with van der Waals surface area (Å²) in [6.45, 7) is 3.68. The average Bonchev–Trinajstić information content (AvgIpc) is 2.91. The van der Waals surface area contributed by atoms with E-state index < -0.39 is 0 Å². The topological polar surface area (TPSA) is 33.5 Å². The lowest BCUT2D eigenvalue weighted by Gasteiger charge is -2.21. The van der Waals surface area contributed by atoms with Crippen molar-refractivity contribution in [2.24, 2.45) is 0 Å². The maximum atomic E-state index is 11.3. The van der Waals surface area contributed by atoms with Gasteiger partial charge in [0, 0.05) is 24.7 Å². The molecule has 0 saturated heterocycles. The van der Waals surface area contributed by atoms with E-state index in [1.165, 1.54) is 18.2 Å². The predicted octanol–water partition coefficient (Wildman–Crippen LogP) is 3.56. The Kier molecular flexibility index (Phi) is 2.47. The molecule has 2 aromatic rings. The lowest BCUT2D eigenvalue weighted by molar-refractivity contribution is 0.0988.